The minimum atomic E-state index is 0.196. The first-order valence-electron chi connectivity index (χ1n) is 8.95. The summed E-state index contributed by atoms with van der Waals surface area (Å²) in [6.07, 6.45) is 0.722. The van der Waals surface area contributed by atoms with Crippen molar-refractivity contribution in [3.8, 4) is 0 Å². The highest BCUT2D eigenvalue weighted by molar-refractivity contribution is 5.75. The molecule has 0 amide bonds. The number of hydrazine groups is 1. The van der Waals surface area contributed by atoms with Crippen LogP contribution in [0.15, 0.2) is 60.7 Å². The molecule has 3 heteroatoms. The molecule has 2 rings (SSSR count). The number of benzene rings is 2. The second-order valence-corrected chi connectivity index (χ2v) is 6.92. The predicted molar refractivity (Wildman–Crippen MR) is 106 cm³/mol. The Bertz CT molecular complexity index is 565. The molecule has 3 nitrogen and oxygen atoms in total. The van der Waals surface area contributed by atoms with Crippen LogP contribution in [0.1, 0.15) is 64.3 Å². The minimum absolute atomic E-state index is 0.196. The maximum atomic E-state index is 10.3. The number of nitrogens with zero attached hydrogens (tertiary/aromatic N) is 1. The molecule has 2 aromatic carbocycles. The Kier molecular flexibility index (Phi) is 9.11. The highest BCUT2D eigenvalue weighted by Gasteiger charge is 2.18. The summed E-state index contributed by atoms with van der Waals surface area (Å²) >= 11 is 0. The van der Waals surface area contributed by atoms with Gasteiger partial charge >= 0.3 is 0 Å². The quantitative estimate of drug-likeness (QED) is 0.573. The van der Waals surface area contributed by atoms with Gasteiger partial charge in [-0.2, -0.15) is 0 Å². The van der Waals surface area contributed by atoms with E-state index in [1.807, 2.05) is 55.3 Å². The van der Waals surface area contributed by atoms with E-state index in [9.17, 15) is 4.79 Å². The fourth-order valence-electron chi connectivity index (χ4n) is 2.72. The standard InChI is InChI=1S/C16H20N2.C6H12O/c1-13(15-9-5-3-6-10-15)18(17)14(2)16-11-7-4-8-12-16;1-5(2)4-6(3)7/h3-14H,17H2,1-2H3;5H,4H2,1-3H3. The van der Waals surface area contributed by atoms with E-state index in [-0.39, 0.29) is 17.9 Å². The number of carbonyl (C=O) groups excluding carboxylic acids is 1. The van der Waals surface area contributed by atoms with Crippen LogP contribution in [0.25, 0.3) is 0 Å². The first kappa shape index (κ1) is 21.1. The predicted octanol–water partition coefficient (Wildman–Crippen LogP) is 5.31. The van der Waals surface area contributed by atoms with Crippen LogP contribution in [-0.2, 0) is 4.79 Å². The van der Waals surface area contributed by atoms with E-state index in [1.165, 1.54) is 11.1 Å². The Hall–Kier alpha value is -1.97. The SMILES string of the molecule is CC(=O)CC(C)C.CC(c1ccccc1)N(N)C(C)c1ccccc1. The fraction of sp³-hybridized carbons (Fsp3) is 0.409. The zero-order valence-corrected chi connectivity index (χ0v) is 16.1. The summed E-state index contributed by atoms with van der Waals surface area (Å²) in [4.78, 5) is 10.3. The molecule has 0 radical (unpaired) electrons. The molecule has 0 fully saturated rings. The lowest BCUT2D eigenvalue weighted by molar-refractivity contribution is -0.117. The molecule has 2 unspecified atom stereocenters. The normalized spacial score (nSPS) is 13.1. The largest absolute Gasteiger partial charge is 0.300 e. The first-order chi connectivity index (χ1) is 11.8. The van der Waals surface area contributed by atoms with Gasteiger partial charge in [0.1, 0.15) is 5.78 Å². The average molecular weight is 341 g/mol. The molecule has 0 aliphatic carbocycles. The van der Waals surface area contributed by atoms with Crippen LogP contribution in [0.4, 0.5) is 0 Å². The fourth-order valence-corrected chi connectivity index (χ4v) is 2.72. The van der Waals surface area contributed by atoms with Gasteiger partial charge in [0.25, 0.3) is 0 Å². The third-order valence-electron chi connectivity index (χ3n) is 4.15. The maximum Gasteiger partial charge on any atom is 0.130 e. The molecule has 0 aromatic heterocycles. The molecule has 0 bridgehead atoms. The van der Waals surface area contributed by atoms with Crippen molar-refractivity contribution in [2.45, 2.75) is 53.1 Å². The van der Waals surface area contributed by atoms with E-state index < -0.39 is 0 Å². The van der Waals surface area contributed by atoms with E-state index in [2.05, 4.69) is 38.1 Å². The Morgan fingerprint density at radius 1 is 0.840 bits per heavy atom. The van der Waals surface area contributed by atoms with Gasteiger partial charge in [-0.3, -0.25) is 5.84 Å². The van der Waals surface area contributed by atoms with Gasteiger partial charge in [-0.05, 0) is 37.8 Å². The third-order valence-corrected chi connectivity index (χ3v) is 4.15. The van der Waals surface area contributed by atoms with Crippen molar-refractivity contribution in [3.05, 3.63) is 71.8 Å². The van der Waals surface area contributed by atoms with Crippen molar-refractivity contribution in [2.24, 2.45) is 11.8 Å². The minimum Gasteiger partial charge on any atom is -0.300 e. The van der Waals surface area contributed by atoms with Crippen molar-refractivity contribution in [3.63, 3.8) is 0 Å². The first-order valence-corrected chi connectivity index (χ1v) is 8.95. The van der Waals surface area contributed by atoms with Gasteiger partial charge in [-0.25, -0.2) is 5.01 Å². The highest BCUT2D eigenvalue weighted by atomic mass is 16.1. The Balaban J connectivity index is 0.000000381. The van der Waals surface area contributed by atoms with E-state index >= 15 is 0 Å². The number of nitrogens with two attached hydrogens (primary N) is 1. The number of hydrogen-bond acceptors (Lipinski definition) is 3. The third kappa shape index (κ3) is 7.63. The van der Waals surface area contributed by atoms with Gasteiger partial charge in [0.05, 0.1) is 0 Å². The summed E-state index contributed by atoms with van der Waals surface area (Å²) in [7, 11) is 0. The van der Waals surface area contributed by atoms with Crippen LogP contribution < -0.4 is 5.84 Å². The van der Waals surface area contributed by atoms with Crippen LogP contribution in [-0.4, -0.2) is 10.8 Å². The molecule has 2 aromatic rings. The summed E-state index contributed by atoms with van der Waals surface area (Å²) in [5.41, 5.74) is 2.48. The molecule has 0 aliphatic rings. The highest BCUT2D eigenvalue weighted by Crippen LogP contribution is 2.26. The molecule has 2 N–H and O–H groups in total. The molecule has 0 saturated heterocycles. The summed E-state index contributed by atoms with van der Waals surface area (Å²) < 4.78 is 0. The van der Waals surface area contributed by atoms with Crippen LogP contribution in [0.2, 0.25) is 0 Å². The van der Waals surface area contributed by atoms with Gasteiger partial charge < -0.3 is 4.79 Å². The van der Waals surface area contributed by atoms with Crippen LogP contribution >= 0.6 is 0 Å². The van der Waals surface area contributed by atoms with Crippen LogP contribution in [0.5, 0.6) is 0 Å². The summed E-state index contributed by atoms with van der Waals surface area (Å²) in [5.74, 6) is 7.07. The van der Waals surface area contributed by atoms with Gasteiger partial charge in [-0.15, -0.1) is 0 Å². The summed E-state index contributed by atoms with van der Waals surface area (Å²) in [6, 6.07) is 21.1. The van der Waals surface area contributed by atoms with Gasteiger partial charge in [0, 0.05) is 18.5 Å². The van der Waals surface area contributed by atoms with E-state index in [0.717, 1.165) is 6.42 Å². The van der Waals surface area contributed by atoms with E-state index in [0.29, 0.717) is 5.92 Å². The van der Waals surface area contributed by atoms with Gasteiger partial charge in [-0.1, -0.05) is 74.5 Å². The lowest BCUT2D eigenvalue weighted by Gasteiger charge is -2.30. The lowest BCUT2D eigenvalue weighted by Crippen LogP contribution is -2.36. The van der Waals surface area contributed by atoms with Gasteiger partial charge in [0.2, 0.25) is 0 Å². The average Bonchev–Trinajstić information content (AvgIpc) is 2.60. The maximum absolute atomic E-state index is 10.3. The molecular formula is C22H32N2O. The Morgan fingerprint density at radius 2 is 1.20 bits per heavy atom. The molecular weight excluding hydrogens is 308 g/mol. The molecule has 0 aliphatic heterocycles. The molecule has 136 valence electrons. The smallest absolute Gasteiger partial charge is 0.130 e. The zero-order valence-electron chi connectivity index (χ0n) is 16.1. The van der Waals surface area contributed by atoms with Crippen LogP contribution in [0.3, 0.4) is 0 Å². The monoisotopic (exact) mass is 340 g/mol. The molecule has 0 spiro atoms. The second kappa shape index (κ2) is 10.8. The van der Waals surface area contributed by atoms with E-state index in [4.69, 9.17) is 5.84 Å². The number of ketones is 1. The van der Waals surface area contributed by atoms with E-state index in [1.54, 1.807) is 6.92 Å². The Labute approximate surface area is 152 Å². The van der Waals surface area contributed by atoms with Crippen molar-refractivity contribution < 1.29 is 4.79 Å². The summed E-state index contributed by atoms with van der Waals surface area (Å²) in [6.45, 7) is 9.98. The van der Waals surface area contributed by atoms with Crippen molar-refractivity contribution in [2.75, 3.05) is 0 Å². The molecule has 0 saturated carbocycles. The van der Waals surface area contributed by atoms with Crippen LogP contribution in [0, 0.1) is 5.92 Å². The summed E-state index contributed by atoms with van der Waals surface area (Å²) in [5, 5.41) is 1.91. The molecule has 2 atom stereocenters. The molecule has 25 heavy (non-hydrogen) atoms. The zero-order chi connectivity index (χ0) is 18.8. The topological polar surface area (TPSA) is 46.3 Å². The van der Waals surface area contributed by atoms with Gasteiger partial charge in [0.15, 0.2) is 0 Å². The number of hydrogen-bond donors (Lipinski definition) is 1. The van der Waals surface area contributed by atoms with Crippen molar-refractivity contribution in [1.82, 2.24) is 5.01 Å². The number of rotatable bonds is 6. The lowest BCUT2D eigenvalue weighted by atomic mass is 10.0. The number of carbonyl (C=O) groups is 1. The van der Waals surface area contributed by atoms with Crippen molar-refractivity contribution >= 4 is 5.78 Å². The Morgan fingerprint density at radius 3 is 1.44 bits per heavy atom. The van der Waals surface area contributed by atoms with Crippen molar-refractivity contribution in [1.29, 1.82) is 0 Å². The number of Topliss-reactive ketones (excluding diaryl/α,β-unsaturated/α-hetero) is 1. The molecule has 0 heterocycles. The second-order valence-electron chi connectivity index (χ2n) is 6.92.